The van der Waals surface area contributed by atoms with Gasteiger partial charge in [-0.1, -0.05) is 60.5 Å². The molecule has 2 aliphatic heterocycles. The average molecular weight is 397 g/mol. The summed E-state index contributed by atoms with van der Waals surface area (Å²) in [5, 5.41) is 9.05. The van der Waals surface area contributed by atoms with Gasteiger partial charge in [-0.2, -0.15) is 5.10 Å². The van der Waals surface area contributed by atoms with E-state index < -0.39 is 0 Å². The molecule has 1 saturated heterocycles. The zero-order valence-electron chi connectivity index (χ0n) is 16.0. The van der Waals surface area contributed by atoms with Gasteiger partial charge in [-0.05, 0) is 43.0 Å². The van der Waals surface area contributed by atoms with Gasteiger partial charge in [0.25, 0.3) is 0 Å². The second-order valence-corrected chi connectivity index (χ2v) is 7.87. The van der Waals surface area contributed by atoms with Crippen LogP contribution in [0.1, 0.15) is 43.2 Å². The van der Waals surface area contributed by atoms with E-state index in [0.717, 1.165) is 42.8 Å². The van der Waals surface area contributed by atoms with Crippen molar-refractivity contribution in [1.82, 2.24) is 15.4 Å². The first-order valence-corrected chi connectivity index (χ1v) is 10.3. The van der Waals surface area contributed by atoms with Crippen molar-refractivity contribution >= 4 is 23.3 Å². The standard InChI is InChI=1S/C22H25ClN4O/c1-16-20(17-8-4-2-5-9-17)21(18-10-12-19(23)13-11-18)24-27(16)22(28)25-26-14-6-3-7-15-26/h2,4-5,8-13,16,20H,3,6-7,14-15H2,1H3,(H,25,28)/t16-,20-/m0/s1. The molecule has 6 heteroatoms. The van der Waals surface area contributed by atoms with Crippen LogP contribution in [0, 0.1) is 0 Å². The molecule has 2 aliphatic rings. The molecule has 0 aromatic heterocycles. The van der Waals surface area contributed by atoms with Gasteiger partial charge in [0.15, 0.2) is 0 Å². The fourth-order valence-electron chi connectivity index (χ4n) is 4.02. The van der Waals surface area contributed by atoms with Crippen LogP contribution >= 0.6 is 11.6 Å². The molecule has 2 aromatic rings. The minimum Gasteiger partial charge on any atom is -0.269 e. The number of benzene rings is 2. The summed E-state index contributed by atoms with van der Waals surface area (Å²) < 4.78 is 0. The predicted octanol–water partition coefficient (Wildman–Crippen LogP) is 4.64. The third-order valence-electron chi connectivity index (χ3n) is 5.49. The van der Waals surface area contributed by atoms with Gasteiger partial charge in [-0.15, -0.1) is 0 Å². The van der Waals surface area contributed by atoms with Crippen LogP contribution in [-0.2, 0) is 0 Å². The monoisotopic (exact) mass is 396 g/mol. The van der Waals surface area contributed by atoms with E-state index in [4.69, 9.17) is 16.7 Å². The molecule has 2 atom stereocenters. The quantitative estimate of drug-likeness (QED) is 0.821. The second kappa shape index (κ2) is 8.33. The molecule has 0 bridgehead atoms. The number of nitrogens with zero attached hydrogens (tertiary/aromatic N) is 3. The lowest BCUT2D eigenvalue weighted by Gasteiger charge is -2.30. The Morgan fingerprint density at radius 1 is 1.04 bits per heavy atom. The Hall–Kier alpha value is -2.37. The fraction of sp³-hybridized carbons (Fsp3) is 0.364. The number of nitrogens with one attached hydrogen (secondary N) is 1. The Labute approximate surface area is 170 Å². The second-order valence-electron chi connectivity index (χ2n) is 7.43. The van der Waals surface area contributed by atoms with Crippen LogP contribution in [0.15, 0.2) is 59.7 Å². The molecule has 5 nitrogen and oxygen atoms in total. The first-order valence-electron chi connectivity index (χ1n) is 9.87. The molecule has 0 aliphatic carbocycles. The molecular weight excluding hydrogens is 372 g/mol. The van der Waals surface area contributed by atoms with Crippen molar-refractivity contribution in [2.75, 3.05) is 13.1 Å². The summed E-state index contributed by atoms with van der Waals surface area (Å²) in [5.41, 5.74) is 6.06. The van der Waals surface area contributed by atoms with Crippen LogP contribution in [0.3, 0.4) is 0 Å². The van der Waals surface area contributed by atoms with Gasteiger partial charge in [0.05, 0.1) is 17.7 Å². The maximum Gasteiger partial charge on any atom is 0.352 e. The Morgan fingerprint density at radius 3 is 2.39 bits per heavy atom. The van der Waals surface area contributed by atoms with Crippen molar-refractivity contribution in [3.63, 3.8) is 0 Å². The Morgan fingerprint density at radius 2 is 1.71 bits per heavy atom. The number of amides is 2. The molecule has 4 rings (SSSR count). The molecule has 2 heterocycles. The predicted molar refractivity (Wildman–Crippen MR) is 112 cm³/mol. The van der Waals surface area contributed by atoms with E-state index >= 15 is 0 Å². The number of piperidine rings is 1. The van der Waals surface area contributed by atoms with Gasteiger partial charge in [-0.3, -0.25) is 5.43 Å². The lowest BCUT2D eigenvalue weighted by Crippen LogP contribution is -2.50. The van der Waals surface area contributed by atoms with Gasteiger partial charge in [0.1, 0.15) is 0 Å². The molecule has 0 unspecified atom stereocenters. The van der Waals surface area contributed by atoms with Crippen molar-refractivity contribution in [3.05, 3.63) is 70.7 Å². The topological polar surface area (TPSA) is 47.9 Å². The average Bonchev–Trinajstić information content (AvgIpc) is 3.07. The number of rotatable bonds is 3. The van der Waals surface area contributed by atoms with Crippen LogP contribution < -0.4 is 5.43 Å². The number of hydrazone groups is 1. The lowest BCUT2D eigenvalue weighted by molar-refractivity contribution is 0.124. The van der Waals surface area contributed by atoms with Crippen molar-refractivity contribution in [2.45, 2.75) is 38.1 Å². The zero-order valence-corrected chi connectivity index (χ0v) is 16.8. The molecule has 0 spiro atoms. The SMILES string of the molecule is C[C@H]1[C@@H](c2ccccc2)C(c2ccc(Cl)cc2)=NN1C(=O)NN1CCCCC1. The molecule has 2 amide bonds. The van der Waals surface area contributed by atoms with Crippen molar-refractivity contribution in [2.24, 2.45) is 5.10 Å². The van der Waals surface area contributed by atoms with Crippen LogP contribution in [0.25, 0.3) is 0 Å². The third-order valence-corrected chi connectivity index (χ3v) is 5.75. The number of carbonyl (C=O) groups excluding carboxylic acids is 1. The molecule has 28 heavy (non-hydrogen) atoms. The first kappa shape index (κ1) is 19.0. The largest absolute Gasteiger partial charge is 0.352 e. The molecule has 146 valence electrons. The summed E-state index contributed by atoms with van der Waals surface area (Å²) in [6.45, 7) is 3.84. The van der Waals surface area contributed by atoms with Crippen molar-refractivity contribution in [1.29, 1.82) is 0 Å². The Bertz CT molecular complexity index is 847. The molecular formula is C22H25ClN4O. The van der Waals surface area contributed by atoms with E-state index in [1.54, 1.807) is 5.01 Å². The smallest absolute Gasteiger partial charge is 0.269 e. The maximum absolute atomic E-state index is 13.0. The Balaban J connectivity index is 1.63. The molecule has 1 fully saturated rings. The van der Waals surface area contributed by atoms with E-state index in [0.29, 0.717) is 5.02 Å². The van der Waals surface area contributed by atoms with Crippen molar-refractivity contribution < 1.29 is 4.79 Å². The summed E-state index contributed by atoms with van der Waals surface area (Å²) >= 11 is 6.07. The molecule has 0 saturated carbocycles. The Kier molecular flexibility index (Phi) is 5.64. The van der Waals surface area contributed by atoms with E-state index in [2.05, 4.69) is 24.5 Å². The van der Waals surface area contributed by atoms with E-state index in [-0.39, 0.29) is 18.0 Å². The highest BCUT2D eigenvalue weighted by Crippen LogP contribution is 2.34. The minimum absolute atomic E-state index is 0.00878. The van der Waals surface area contributed by atoms with Crippen LogP contribution in [0.4, 0.5) is 4.79 Å². The summed E-state index contributed by atoms with van der Waals surface area (Å²) in [5.74, 6) is 0.00878. The number of hydrogen-bond acceptors (Lipinski definition) is 3. The third kappa shape index (κ3) is 3.91. The number of halogens is 1. The highest BCUT2D eigenvalue weighted by Gasteiger charge is 2.39. The summed E-state index contributed by atoms with van der Waals surface area (Å²) in [6.07, 6.45) is 3.45. The number of carbonyl (C=O) groups is 1. The van der Waals surface area contributed by atoms with E-state index in [1.165, 1.54) is 6.42 Å². The van der Waals surface area contributed by atoms with Crippen molar-refractivity contribution in [3.8, 4) is 0 Å². The summed E-state index contributed by atoms with van der Waals surface area (Å²) in [7, 11) is 0. The number of urea groups is 1. The normalized spacial score (nSPS) is 22.8. The van der Waals surface area contributed by atoms with Crippen LogP contribution in [0.5, 0.6) is 0 Å². The number of hydrogen-bond donors (Lipinski definition) is 1. The number of hydrazine groups is 1. The van der Waals surface area contributed by atoms with E-state index in [9.17, 15) is 4.79 Å². The minimum atomic E-state index is -0.167. The van der Waals surface area contributed by atoms with E-state index in [1.807, 2.05) is 47.5 Å². The fourth-order valence-corrected chi connectivity index (χ4v) is 4.14. The molecule has 0 radical (unpaired) electrons. The first-order chi connectivity index (χ1) is 13.6. The highest BCUT2D eigenvalue weighted by molar-refractivity contribution is 6.30. The van der Waals surface area contributed by atoms with Gasteiger partial charge in [0.2, 0.25) is 0 Å². The van der Waals surface area contributed by atoms with Crippen LogP contribution in [-0.4, -0.2) is 40.9 Å². The lowest BCUT2D eigenvalue weighted by atomic mass is 9.86. The molecule has 1 N–H and O–H groups in total. The highest BCUT2D eigenvalue weighted by atomic mass is 35.5. The van der Waals surface area contributed by atoms with Gasteiger partial charge < -0.3 is 0 Å². The van der Waals surface area contributed by atoms with Gasteiger partial charge in [0, 0.05) is 18.1 Å². The summed E-state index contributed by atoms with van der Waals surface area (Å²) in [4.78, 5) is 13.0. The molecule has 2 aromatic carbocycles. The van der Waals surface area contributed by atoms with Crippen LogP contribution in [0.2, 0.25) is 5.02 Å². The maximum atomic E-state index is 13.0. The van der Waals surface area contributed by atoms with Gasteiger partial charge >= 0.3 is 6.03 Å². The summed E-state index contributed by atoms with van der Waals surface area (Å²) in [6, 6.07) is 17.7. The zero-order chi connectivity index (χ0) is 19.5. The van der Waals surface area contributed by atoms with Gasteiger partial charge in [-0.25, -0.2) is 14.8 Å².